The van der Waals surface area contributed by atoms with E-state index in [-0.39, 0.29) is 11.8 Å². The summed E-state index contributed by atoms with van der Waals surface area (Å²) in [5.41, 5.74) is 7.19. The Morgan fingerprint density at radius 1 is 1.15 bits per heavy atom. The smallest absolute Gasteiger partial charge is 0.178 e. The van der Waals surface area contributed by atoms with Gasteiger partial charge in [0, 0.05) is 6.04 Å². The molecule has 0 fully saturated rings. The van der Waals surface area contributed by atoms with Crippen LogP contribution < -0.4 is 5.73 Å². The number of aryl methyl sites for hydroxylation is 1. The zero-order valence-electron chi connectivity index (χ0n) is 12.8. The maximum Gasteiger partial charge on any atom is 0.178 e. The first-order chi connectivity index (χ1) is 9.36. The van der Waals surface area contributed by atoms with Crippen molar-refractivity contribution >= 4 is 9.84 Å². The molecule has 1 aromatic rings. The van der Waals surface area contributed by atoms with Crippen molar-refractivity contribution in [2.45, 2.75) is 57.4 Å². The molecule has 0 radical (unpaired) electrons. The molecule has 1 aromatic carbocycles. The third-order valence-corrected chi connectivity index (χ3v) is 5.55. The van der Waals surface area contributed by atoms with Crippen molar-refractivity contribution in [2.75, 3.05) is 5.75 Å². The van der Waals surface area contributed by atoms with Crippen molar-refractivity contribution in [1.82, 2.24) is 0 Å². The predicted octanol–water partition coefficient (Wildman–Crippen LogP) is 3.18. The van der Waals surface area contributed by atoms with E-state index in [1.165, 1.54) is 5.56 Å². The van der Waals surface area contributed by atoms with Gasteiger partial charge in [-0.1, -0.05) is 32.9 Å². The van der Waals surface area contributed by atoms with Crippen molar-refractivity contribution in [3.05, 3.63) is 29.8 Å². The van der Waals surface area contributed by atoms with Crippen molar-refractivity contribution in [3.63, 3.8) is 0 Å². The van der Waals surface area contributed by atoms with Crippen molar-refractivity contribution in [3.8, 4) is 0 Å². The van der Waals surface area contributed by atoms with Gasteiger partial charge in [-0.25, -0.2) is 8.42 Å². The average molecular weight is 297 g/mol. The number of hydrogen-bond acceptors (Lipinski definition) is 3. The zero-order chi connectivity index (χ0) is 15.2. The molecule has 1 unspecified atom stereocenters. The van der Waals surface area contributed by atoms with E-state index in [0.717, 1.165) is 19.3 Å². The van der Waals surface area contributed by atoms with Gasteiger partial charge in [0.05, 0.1) is 10.6 Å². The fourth-order valence-electron chi connectivity index (χ4n) is 2.13. The molecule has 4 heteroatoms. The molecule has 1 rings (SSSR count). The number of nitrogens with two attached hydrogens (primary N) is 1. The second-order valence-corrected chi connectivity index (χ2v) is 7.87. The molecule has 3 nitrogen and oxygen atoms in total. The first-order valence-electron chi connectivity index (χ1n) is 7.44. The Morgan fingerprint density at radius 3 is 2.25 bits per heavy atom. The molecule has 0 spiro atoms. The number of hydrogen-bond donors (Lipinski definition) is 1. The molecule has 114 valence electrons. The molecular formula is C16H27NO2S. The second kappa shape index (κ2) is 7.79. The first-order valence-corrected chi connectivity index (χ1v) is 9.09. The van der Waals surface area contributed by atoms with Crippen LogP contribution in [-0.4, -0.2) is 20.2 Å². The molecule has 20 heavy (non-hydrogen) atoms. The van der Waals surface area contributed by atoms with Crippen molar-refractivity contribution < 1.29 is 8.42 Å². The summed E-state index contributed by atoms with van der Waals surface area (Å²) in [6, 6.07) is 7.54. The largest absolute Gasteiger partial charge is 0.327 e. The van der Waals surface area contributed by atoms with Crippen LogP contribution in [-0.2, 0) is 16.3 Å². The first kappa shape index (κ1) is 17.2. The Balaban J connectivity index is 2.55. The Bertz CT molecular complexity index is 492. The normalized spacial score (nSPS) is 13.7. The van der Waals surface area contributed by atoms with Crippen molar-refractivity contribution in [1.29, 1.82) is 0 Å². The van der Waals surface area contributed by atoms with Gasteiger partial charge in [-0.05, 0) is 49.3 Å². The highest BCUT2D eigenvalue weighted by Crippen LogP contribution is 2.15. The fourth-order valence-corrected chi connectivity index (χ4v) is 3.45. The van der Waals surface area contributed by atoms with E-state index in [9.17, 15) is 8.42 Å². The summed E-state index contributed by atoms with van der Waals surface area (Å²) >= 11 is 0. The van der Waals surface area contributed by atoms with E-state index in [0.29, 0.717) is 17.2 Å². The summed E-state index contributed by atoms with van der Waals surface area (Å²) < 4.78 is 23.8. The monoisotopic (exact) mass is 297 g/mol. The average Bonchev–Trinajstić information content (AvgIpc) is 2.39. The molecule has 2 N–H and O–H groups in total. The lowest BCUT2D eigenvalue weighted by Gasteiger charge is -2.15. The van der Waals surface area contributed by atoms with Crippen LogP contribution in [0.5, 0.6) is 0 Å². The minimum Gasteiger partial charge on any atom is -0.327 e. The van der Waals surface area contributed by atoms with Crippen LogP contribution in [0, 0.1) is 5.92 Å². The standard InChI is InChI=1S/C16H27NO2S/c1-4-12-20(18,19)15-10-8-14(9-11-15)6-5-7-16(17)13(2)3/h8-11,13,16H,4-7,12,17H2,1-3H3. The second-order valence-electron chi connectivity index (χ2n) is 5.76. The van der Waals surface area contributed by atoms with Crippen LogP contribution in [0.3, 0.4) is 0 Å². The maximum atomic E-state index is 11.9. The molecule has 0 aliphatic heterocycles. The van der Waals surface area contributed by atoms with Gasteiger partial charge in [0.15, 0.2) is 9.84 Å². The number of benzene rings is 1. The summed E-state index contributed by atoms with van der Waals surface area (Å²) in [7, 11) is -3.09. The molecule has 1 atom stereocenters. The van der Waals surface area contributed by atoms with Crippen LogP contribution in [0.4, 0.5) is 0 Å². The van der Waals surface area contributed by atoms with Gasteiger partial charge in [0.1, 0.15) is 0 Å². The summed E-state index contributed by atoms with van der Waals surface area (Å²) in [6.45, 7) is 6.15. The summed E-state index contributed by atoms with van der Waals surface area (Å²) in [5.74, 6) is 0.729. The summed E-state index contributed by atoms with van der Waals surface area (Å²) in [6.07, 6.45) is 3.65. The lowest BCUT2D eigenvalue weighted by Crippen LogP contribution is -2.26. The molecule has 0 saturated carbocycles. The van der Waals surface area contributed by atoms with Crippen LogP contribution in [0.2, 0.25) is 0 Å². The van der Waals surface area contributed by atoms with Crippen LogP contribution >= 0.6 is 0 Å². The van der Waals surface area contributed by atoms with E-state index >= 15 is 0 Å². The van der Waals surface area contributed by atoms with Gasteiger partial charge in [-0.15, -0.1) is 0 Å². The lowest BCUT2D eigenvalue weighted by molar-refractivity contribution is 0.452. The molecule has 0 aromatic heterocycles. The summed E-state index contributed by atoms with van der Waals surface area (Å²) in [5, 5.41) is 0. The fraction of sp³-hybridized carbons (Fsp3) is 0.625. The topological polar surface area (TPSA) is 60.2 Å². The molecule has 0 amide bonds. The van der Waals surface area contributed by atoms with E-state index in [2.05, 4.69) is 13.8 Å². The molecular weight excluding hydrogens is 270 g/mol. The highest BCUT2D eigenvalue weighted by atomic mass is 32.2. The van der Waals surface area contributed by atoms with Gasteiger partial charge in [0.2, 0.25) is 0 Å². The van der Waals surface area contributed by atoms with E-state index < -0.39 is 9.84 Å². The highest BCUT2D eigenvalue weighted by Gasteiger charge is 2.12. The van der Waals surface area contributed by atoms with Gasteiger partial charge in [0.25, 0.3) is 0 Å². The molecule has 0 bridgehead atoms. The van der Waals surface area contributed by atoms with E-state index in [1.54, 1.807) is 12.1 Å². The van der Waals surface area contributed by atoms with Gasteiger partial charge in [-0.2, -0.15) is 0 Å². The van der Waals surface area contributed by atoms with Crippen molar-refractivity contribution in [2.24, 2.45) is 11.7 Å². The third kappa shape index (κ3) is 5.25. The summed E-state index contributed by atoms with van der Waals surface area (Å²) in [4.78, 5) is 0.432. The third-order valence-electron chi connectivity index (χ3n) is 3.61. The van der Waals surface area contributed by atoms with Crippen LogP contribution in [0.15, 0.2) is 29.2 Å². The Labute approximate surface area is 123 Å². The Hall–Kier alpha value is -0.870. The Kier molecular flexibility index (Phi) is 6.69. The quantitative estimate of drug-likeness (QED) is 0.801. The van der Waals surface area contributed by atoms with Gasteiger partial charge in [-0.3, -0.25) is 0 Å². The van der Waals surface area contributed by atoms with Gasteiger partial charge >= 0.3 is 0 Å². The van der Waals surface area contributed by atoms with E-state index in [1.807, 2.05) is 19.1 Å². The minimum atomic E-state index is -3.09. The number of rotatable bonds is 8. The van der Waals surface area contributed by atoms with Crippen LogP contribution in [0.1, 0.15) is 45.6 Å². The molecule has 0 aliphatic carbocycles. The maximum absolute atomic E-state index is 11.9. The molecule has 0 aliphatic rings. The number of sulfone groups is 1. The minimum absolute atomic E-state index is 0.218. The highest BCUT2D eigenvalue weighted by molar-refractivity contribution is 7.91. The molecule has 0 heterocycles. The van der Waals surface area contributed by atoms with Crippen LogP contribution in [0.25, 0.3) is 0 Å². The predicted molar refractivity (Wildman–Crippen MR) is 84.5 cm³/mol. The van der Waals surface area contributed by atoms with E-state index in [4.69, 9.17) is 5.73 Å². The Morgan fingerprint density at radius 2 is 1.75 bits per heavy atom. The SMILES string of the molecule is CCCS(=O)(=O)c1ccc(CCCC(N)C(C)C)cc1. The zero-order valence-corrected chi connectivity index (χ0v) is 13.6. The van der Waals surface area contributed by atoms with Gasteiger partial charge < -0.3 is 5.73 Å². The lowest BCUT2D eigenvalue weighted by atomic mass is 9.98. The molecule has 0 saturated heterocycles.